The van der Waals surface area contributed by atoms with E-state index in [1.165, 1.54) is 6.08 Å². The third kappa shape index (κ3) is 3.07. The summed E-state index contributed by atoms with van der Waals surface area (Å²) in [4.78, 5) is 11.1. The Balaban J connectivity index is 1.82. The first-order chi connectivity index (χ1) is 8.79. The summed E-state index contributed by atoms with van der Waals surface area (Å²) >= 11 is 0. The van der Waals surface area contributed by atoms with E-state index in [2.05, 4.69) is 26.8 Å². The zero-order valence-electron chi connectivity index (χ0n) is 9.76. The van der Waals surface area contributed by atoms with Crippen LogP contribution in [0.5, 0.6) is 0 Å². The highest BCUT2D eigenvalue weighted by atomic mass is 16.6. The van der Waals surface area contributed by atoms with Crippen molar-refractivity contribution in [3.05, 3.63) is 36.4 Å². The molecule has 94 valence electrons. The van der Waals surface area contributed by atoms with Gasteiger partial charge >= 0.3 is 6.09 Å². The minimum atomic E-state index is -0.445. The van der Waals surface area contributed by atoms with Gasteiger partial charge in [-0.3, -0.25) is 0 Å². The van der Waals surface area contributed by atoms with Gasteiger partial charge in [0.1, 0.15) is 17.6 Å². The summed E-state index contributed by atoms with van der Waals surface area (Å²) in [6.45, 7) is 4.16. The van der Waals surface area contributed by atoms with E-state index in [1.807, 2.05) is 18.2 Å². The number of carbonyl (C=O) groups excluding carboxylic acids is 1. The van der Waals surface area contributed by atoms with Crippen LogP contribution in [-0.2, 0) is 11.2 Å². The van der Waals surface area contributed by atoms with Crippen LogP contribution in [0.15, 0.2) is 35.5 Å². The minimum absolute atomic E-state index is 0.211. The van der Waals surface area contributed by atoms with Gasteiger partial charge in [0, 0.05) is 6.54 Å². The molecule has 1 aromatic carbocycles. The molecule has 1 aromatic heterocycles. The maximum atomic E-state index is 11.1. The maximum Gasteiger partial charge on any atom is 0.407 e. The van der Waals surface area contributed by atoms with Crippen LogP contribution in [0, 0.1) is 0 Å². The third-order valence-corrected chi connectivity index (χ3v) is 2.33. The van der Waals surface area contributed by atoms with Gasteiger partial charge in [0.2, 0.25) is 0 Å². The van der Waals surface area contributed by atoms with Gasteiger partial charge in [-0.2, -0.15) is 0 Å². The van der Waals surface area contributed by atoms with Crippen LogP contribution in [0.3, 0.4) is 0 Å². The van der Waals surface area contributed by atoms with Crippen LogP contribution in [-0.4, -0.2) is 29.6 Å². The summed E-state index contributed by atoms with van der Waals surface area (Å²) < 4.78 is 9.39. The zero-order chi connectivity index (χ0) is 12.8. The standard InChI is InChI=1S/C12H13N3O3/c1-2-7-17-12(16)13-6-5-9-3-4-10-11(8-9)15-18-14-10/h2-4,8H,1,5-7H2,(H,13,16). The molecule has 6 nitrogen and oxygen atoms in total. The number of benzene rings is 1. The van der Waals surface area contributed by atoms with E-state index in [-0.39, 0.29) is 6.61 Å². The Kier molecular flexibility index (Phi) is 3.90. The van der Waals surface area contributed by atoms with Crippen molar-refractivity contribution < 1.29 is 14.2 Å². The van der Waals surface area contributed by atoms with Gasteiger partial charge in [0.15, 0.2) is 0 Å². The lowest BCUT2D eigenvalue weighted by Crippen LogP contribution is -2.26. The summed E-state index contributed by atoms with van der Waals surface area (Å²) in [6.07, 6.45) is 1.76. The molecule has 1 heterocycles. The van der Waals surface area contributed by atoms with Crippen molar-refractivity contribution in [1.82, 2.24) is 15.6 Å². The molecule has 1 amide bonds. The highest BCUT2D eigenvalue weighted by molar-refractivity contribution is 5.73. The van der Waals surface area contributed by atoms with Gasteiger partial charge in [-0.15, -0.1) is 0 Å². The molecule has 0 spiro atoms. The Labute approximate surface area is 104 Å². The molecule has 0 aliphatic rings. The number of carbonyl (C=O) groups is 1. The Morgan fingerprint density at radius 2 is 2.28 bits per heavy atom. The van der Waals surface area contributed by atoms with E-state index in [0.29, 0.717) is 18.5 Å². The van der Waals surface area contributed by atoms with Gasteiger partial charge in [-0.1, -0.05) is 18.7 Å². The lowest BCUT2D eigenvalue weighted by molar-refractivity contribution is 0.158. The molecule has 2 aromatic rings. The monoisotopic (exact) mass is 247 g/mol. The molecule has 0 radical (unpaired) electrons. The summed E-state index contributed by atoms with van der Waals surface area (Å²) in [5.74, 6) is 0. The van der Waals surface area contributed by atoms with Crippen LogP contribution in [0.4, 0.5) is 4.79 Å². The molecule has 1 N–H and O–H groups in total. The van der Waals surface area contributed by atoms with Crippen LogP contribution in [0.1, 0.15) is 5.56 Å². The number of rotatable bonds is 5. The zero-order valence-corrected chi connectivity index (χ0v) is 9.76. The fourth-order valence-electron chi connectivity index (χ4n) is 1.48. The number of aromatic nitrogens is 2. The van der Waals surface area contributed by atoms with E-state index in [0.717, 1.165) is 11.1 Å². The van der Waals surface area contributed by atoms with Gasteiger partial charge in [0.25, 0.3) is 0 Å². The molecular formula is C12H13N3O3. The topological polar surface area (TPSA) is 77.2 Å². The van der Waals surface area contributed by atoms with Crippen LogP contribution in [0.2, 0.25) is 0 Å². The number of nitrogens with zero attached hydrogens (tertiary/aromatic N) is 2. The fourth-order valence-corrected chi connectivity index (χ4v) is 1.48. The molecule has 0 bridgehead atoms. The van der Waals surface area contributed by atoms with Crippen molar-refractivity contribution in [2.24, 2.45) is 0 Å². The van der Waals surface area contributed by atoms with Crippen LogP contribution < -0.4 is 5.32 Å². The van der Waals surface area contributed by atoms with Crippen molar-refractivity contribution in [2.75, 3.05) is 13.2 Å². The molecular weight excluding hydrogens is 234 g/mol. The van der Waals surface area contributed by atoms with Crippen LogP contribution >= 0.6 is 0 Å². The molecule has 18 heavy (non-hydrogen) atoms. The first-order valence-electron chi connectivity index (χ1n) is 5.52. The number of ether oxygens (including phenoxy) is 1. The van der Waals surface area contributed by atoms with Gasteiger partial charge in [-0.25, -0.2) is 9.42 Å². The molecule has 0 saturated carbocycles. The van der Waals surface area contributed by atoms with Gasteiger partial charge < -0.3 is 10.1 Å². The Bertz CT molecular complexity index is 550. The average molecular weight is 247 g/mol. The highest BCUT2D eigenvalue weighted by Gasteiger charge is 2.03. The highest BCUT2D eigenvalue weighted by Crippen LogP contribution is 2.11. The largest absolute Gasteiger partial charge is 0.445 e. The predicted molar refractivity (Wildman–Crippen MR) is 65.1 cm³/mol. The smallest absolute Gasteiger partial charge is 0.407 e. The first kappa shape index (κ1) is 12.1. The van der Waals surface area contributed by atoms with Crippen molar-refractivity contribution >= 4 is 17.1 Å². The minimum Gasteiger partial charge on any atom is -0.445 e. The second-order valence-corrected chi connectivity index (χ2v) is 3.65. The SMILES string of the molecule is C=CCOC(=O)NCCc1ccc2nonc2c1. The summed E-state index contributed by atoms with van der Waals surface area (Å²) in [5.41, 5.74) is 2.47. The molecule has 2 rings (SSSR count). The quantitative estimate of drug-likeness (QED) is 0.813. The van der Waals surface area contributed by atoms with E-state index in [9.17, 15) is 4.79 Å². The molecule has 0 aliphatic heterocycles. The first-order valence-corrected chi connectivity index (χ1v) is 5.52. The maximum absolute atomic E-state index is 11.1. The molecule has 0 atom stereocenters. The van der Waals surface area contributed by atoms with Gasteiger partial charge in [0.05, 0.1) is 0 Å². The molecule has 0 saturated heterocycles. The van der Waals surface area contributed by atoms with Crippen LogP contribution in [0.25, 0.3) is 11.0 Å². The summed E-state index contributed by atoms with van der Waals surface area (Å²) in [7, 11) is 0. The predicted octanol–water partition coefficient (Wildman–Crippen LogP) is 1.68. The van der Waals surface area contributed by atoms with E-state index in [4.69, 9.17) is 4.74 Å². The van der Waals surface area contributed by atoms with Crippen molar-refractivity contribution in [3.8, 4) is 0 Å². The Morgan fingerprint density at radius 1 is 1.44 bits per heavy atom. The van der Waals surface area contributed by atoms with Gasteiger partial charge in [-0.05, 0) is 34.4 Å². The summed E-state index contributed by atoms with van der Waals surface area (Å²) in [6, 6.07) is 5.63. The second-order valence-electron chi connectivity index (χ2n) is 3.65. The molecule has 0 fully saturated rings. The third-order valence-electron chi connectivity index (χ3n) is 2.33. The number of alkyl carbamates (subject to hydrolysis) is 1. The lowest BCUT2D eigenvalue weighted by Gasteiger charge is -2.05. The Morgan fingerprint density at radius 3 is 3.11 bits per heavy atom. The second kappa shape index (κ2) is 5.81. The molecule has 0 aliphatic carbocycles. The van der Waals surface area contributed by atoms with E-state index < -0.39 is 6.09 Å². The summed E-state index contributed by atoms with van der Waals surface area (Å²) in [5, 5.41) is 10.1. The van der Waals surface area contributed by atoms with Crippen molar-refractivity contribution in [2.45, 2.75) is 6.42 Å². The normalized spacial score (nSPS) is 10.2. The number of fused-ring (bicyclic) bond motifs is 1. The number of nitrogens with one attached hydrogen (secondary N) is 1. The van der Waals surface area contributed by atoms with E-state index in [1.54, 1.807) is 0 Å². The Hall–Kier alpha value is -2.37. The lowest BCUT2D eigenvalue weighted by atomic mass is 10.1. The van der Waals surface area contributed by atoms with Crippen molar-refractivity contribution in [3.63, 3.8) is 0 Å². The van der Waals surface area contributed by atoms with E-state index >= 15 is 0 Å². The number of hydrogen-bond donors (Lipinski definition) is 1. The average Bonchev–Trinajstić information content (AvgIpc) is 2.83. The fraction of sp³-hybridized carbons (Fsp3) is 0.250. The van der Waals surface area contributed by atoms with Crippen molar-refractivity contribution in [1.29, 1.82) is 0 Å². The molecule has 0 unspecified atom stereocenters. The number of hydrogen-bond acceptors (Lipinski definition) is 5. The molecule has 6 heteroatoms. The number of amides is 1.